The highest BCUT2D eigenvalue weighted by Crippen LogP contribution is 2.15. The molecule has 0 saturated heterocycles. The van der Waals surface area contributed by atoms with Crippen LogP contribution in [0, 0.1) is 0 Å². The molecule has 0 N–H and O–H groups in total. The molecule has 0 atom stereocenters. The summed E-state index contributed by atoms with van der Waals surface area (Å²) in [6, 6.07) is 0. The molecule has 0 aromatic rings. The fourth-order valence-corrected chi connectivity index (χ4v) is 4.13. The van der Waals surface area contributed by atoms with E-state index in [4.69, 9.17) is 4.74 Å². The second-order valence-electron chi connectivity index (χ2n) is 9.45. The molecule has 1 nitrogen and oxygen atoms in total. The van der Waals surface area contributed by atoms with E-state index in [0.29, 0.717) is 0 Å². The average molecular weight is 435 g/mol. The molecule has 0 aliphatic carbocycles. The van der Waals surface area contributed by atoms with Gasteiger partial charge in [0.25, 0.3) is 0 Å². The Morgan fingerprint density at radius 2 is 0.903 bits per heavy atom. The van der Waals surface area contributed by atoms with Gasteiger partial charge in [0, 0.05) is 0 Å². The maximum absolute atomic E-state index is 5.81. The van der Waals surface area contributed by atoms with Crippen molar-refractivity contribution in [3.05, 3.63) is 24.0 Å². The molecular weight excluding hydrogens is 376 g/mol. The van der Waals surface area contributed by atoms with Gasteiger partial charge in [0.15, 0.2) is 0 Å². The molecule has 0 heterocycles. The predicted molar refractivity (Wildman–Crippen MR) is 142 cm³/mol. The van der Waals surface area contributed by atoms with Gasteiger partial charge in [-0.2, -0.15) is 0 Å². The Balaban J connectivity index is 3.24. The molecule has 31 heavy (non-hydrogen) atoms. The highest BCUT2D eigenvalue weighted by molar-refractivity contribution is 5.10. The number of unbranched alkanes of at least 4 members (excludes halogenated alkanes) is 20. The lowest BCUT2D eigenvalue weighted by atomic mass is 10.0. The van der Waals surface area contributed by atoms with Gasteiger partial charge in [-0.3, -0.25) is 0 Å². The molecule has 0 saturated carbocycles. The lowest BCUT2D eigenvalue weighted by molar-refractivity contribution is 0.217. The fourth-order valence-electron chi connectivity index (χ4n) is 4.13. The summed E-state index contributed by atoms with van der Waals surface area (Å²) < 4.78 is 5.81. The predicted octanol–water partition coefficient (Wildman–Crippen LogP) is 11.1. The van der Waals surface area contributed by atoms with Crippen LogP contribution in [0.25, 0.3) is 0 Å². The molecule has 0 fully saturated rings. The van der Waals surface area contributed by atoms with Crippen molar-refractivity contribution >= 4 is 0 Å². The van der Waals surface area contributed by atoms with Crippen LogP contribution in [0.2, 0.25) is 0 Å². The zero-order chi connectivity index (χ0) is 22.7. The first kappa shape index (κ1) is 30.3. The Morgan fingerprint density at radius 3 is 1.32 bits per heavy atom. The average Bonchev–Trinajstić information content (AvgIpc) is 2.79. The van der Waals surface area contributed by atoms with Crippen LogP contribution >= 0.6 is 0 Å². The van der Waals surface area contributed by atoms with Gasteiger partial charge in [0.05, 0.1) is 6.61 Å². The molecule has 0 radical (unpaired) electrons. The molecule has 0 spiro atoms. The first-order valence-electron chi connectivity index (χ1n) is 14.3. The van der Waals surface area contributed by atoms with Crippen LogP contribution in [-0.2, 0) is 4.74 Å². The van der Waals surface area contributed by atoms with Crippen molar-refractivity contribution in [1.29, 1.82) is 0 Å². The van der Waals surface area contributed by atoms with E-state index in [-0.39, 0.29) is 0 Å². The van der Waals surface area contributed by atoms with E-state index in [1.807, 2.05) is 0 Å². The quantitative estimate of drug-likeness (QED) is 0.0788. The lowest BCUT2D eigenvalue weighted by Gasteiger charge is -2.06. The van der Waals surface area contributed by atoms with Crippen molar-refractivity contribution in [2.24, 2.45) is 0 Å². The highest BCUT2D eigenvalue weighted by atomic mass is 16.5. The molecule has 0 amide bonds. The second kappa shape index (κ2) is 27.3. The maximum Gasteiger partial charge on any atom is 0.114 e. The minimum Gasteiger partial charge on any atom is -0.494 e. The zero-order valence-electron chi connectivity index (χ0n) is 21.9. The second-order valence-corrected chi connectivity index (χ2v) is 9.45. The minimum atomic E-state index is 0.858. The van der Waals surface area contributed by atoms with Gasteiger partial charge in [0.2, 0.25) is 0 Å². The van der Waals surface area contributed by atoms with Crippen molar-refractivity contribution < 1.29 is 4.74 Å². The van der Waals surface area contributed by atoms with E-state index in [1.54, 1.807) is 0 Å². The fraction of sp³-hybridized carbons (Fsp3) is 0.867. The summed E-state index contributed by atoms with van der Waals surface area (Å²) in [5, 5.41) is 0. The van der Waals surface area contributed by atoms with Gasteiger partial charge in [-0.1, -0.05) is 142 Å². The van der Waals surface area contributed by atoms with Crippen LogP contribution < -0.4 is 0 Å². The third-order valence-electron chi connectivity index (χ3n) is 6.31. The van der Waals surface area contributed by atoms with Gasteiger partial charge >= 0.3 is 0 Å². The summed E-state index contributed by atoms with van der Waals surface area (Å²) in [6.45, 7) is 7.45. The third-order valence-corrected chi connectivity index (χ3v) is 6.31. The maximum atomic E-state index is 5.81. The molecule has 0 bridgehead atoms. The summed E-state index contributed by atoms with van der Waals surface area (Å²) in [7, 11) is 0. The third kappa shape index (κ3) is 25.4. The van der Waals surface area contributed by atoms with Gasteiger partial charge in [-0.05, 0) is 38.3 Å². The van der Waals surface area contributed by atoms with Crippen molar-refractivity contribution in [1.82, 2.24) is 0 Å². The number of allylic oxidation sites excluding steroid dienone is 3. The number of rotatable bonds is 25. The van der Waals surface area contributed by atoms with Gasteiger partial charge < -0.3 is 4.74 Å². The Bertz CT molecular complexity index is 382. The van der Waals surface area contributed by atoms with Crippen LogP contribution in [0.1, 0.15) is 162 Å². The summed E-state index contributed by atoms with van der Waals surface area (Å²) in [4.78, 5) is 0. The summed E-state index contributed by atoms with van der Waals surface area (Å²) in [5.41, 5.74) is 0. The van der Waals surface area contributed by atoms with E-state index < -0.39 is 0 Å². The van der Waals surface area contributed by atoms with E-state index >= 15 is 0 Å². The van der Waals surface area contributed by atoms with E-state index in [1.165, 1.54) is 141 Å². The SMILES string of the molecule is C/C=C(/C=C/CCCCCCCCCCCCCCCCCCCC)OCCCCC. The molecular formula is C30H58O. The van der Waals surface area contributed by atoms with Crippen LogP contribution in [-0.4, -0.2) is 6.61 Å². The van der Waals surface area contributed by atoms with E-state index in [0.717, 1.165) is 12.4 Å². The van der Waals surface area contributed by atoms with Crippen LogP contribution in [0.5, 0.6) is 0 Å². The highest BCUT2D eigenvalue weighted by Gasteiger charge is 1.95. The molecule has 184 valence electrons. The number of ether oxygens (including phenoxy) is 1. The topological polar surface area (TPSA) is 9.23 Å². The van der Waals surface area contributed by atoms with Gasteiger partial charge in [-0.15, -0.1) is 0 Å². The van der Waals surface area contributed by atoms with Crippen molar-refractivity contribution in [3.63, 3.8) is 0 Å². The summed E-state index contributed by atoms with van der Waals surface area (Å²) >= 11 is 0. The Hall–Kier alpha value is -0.720. The smallest absolute Gasteiger partial charge is 0.114 e. The Kier molecular flexibility index (Phi) is 26.7. The standard InChI is InChI=1S/C30H58O/c1-4-7-9-10-11-12-13-14-15-16-17-18-19-20-21-22-23-24-25-26-28-30(6-3)31-29-27-8-5-2/h6,26,28H,4-5,7-25,27,29H2,1-3H3/b28-26+,30-6-. The van der Waals surface area contributed by atoms with Gasteiger partial charge in [-0.25, -0.2) is 0 Å². The van der Waals surface area contributed by atoms with Crippen LogP contribution in [0.3, 0.4) is 0 Å². The van der Waals surface area contributed by atoms with Crippen molar-refractivity contribution in [2.45, 2.75) is 162 Å². The van der Waals surface area contributed by atoms with E-state index in [2.05, 4.69) is 39.0 Å². The Labute approximate surface area is 197 Å². The molecule has 0 unspecified atom stereocenters. The Morgan fingerprint density at radius 1 is 0.516 bits per heavy atom. The van der Waals surface area contributed by atoms with E-state index in [9.17, 15) is 0 Å². The first-order valence-corrected chi connectivity index (χ1v) is 14.3. The monoisotopic (exact) mass is 434 g/mol. The zero-order valence-corrected chi connectivity index (χ0v) is 21.9. The first-order chi connectivity index (χ1) is 15.3. The van der Waals surface area contributed by atoms with Crippen molar-refractivity contribution in [3.8, 4) is 0 Å². The number of hydrogen-bond acceptors (Lipinski definition) is 1. The minimum absolute atomic E-state index is 0.858. The molecule has 0 aromatic carbocycles. The van der Waals surface area contributed by atoms with Crippen LogP contribution in [0.4, 0.5) is 0 Å². The normalized spacial score (nSPS) is 12.2. The van der Waals surface area contributed by atoms with Crippen molar-refractivity contribution in [2.75, 3.05) is 6.61 Å². The largest absolute Gasteiger partial charge is 0.494 e. The summed E-state index contributed by atoms with van der Waals surface area (Å²) in [5.74, 6) is 1.04. The number of hydrogen-bond donors (Lipinski definition) is 0. The molecule has 1 heteroatoms. The molecule has 0 aliphatic rings. The molecule has 0 aromatic heterocycles. The molecule has 0 aliphatic heterocycles. The lowest BCUT2D eigenvalue weighted by Crippen LogP contribution is -1.92. The van der Waals surface area contributed by atoms with Crippen LogP contribution in [0.15, 0.2) is 24.0 Å². The summed E-state index contributed by atoms with van der Waals surface area (Å²) in [6.07, 6.45) is 37.4. The molecule has 0 rings (SSSR count). The van der Waals surface area contributed by atoms with Gasteiger partial charge in [0.1, 0.15) is 5.76 Å².